The van der Waals surface area contributed by atoms with Crippen LogP contribution in [-0.2, 0) is 0 Å². The van der Waals surface area contributed by atoms with E-state index in [-0.39, 0.29) is 12.4 Å². The zero-order valence-electron chi connectivity index (χ0n) is 6.79. The van der Waals surface area contributed by atoms with Gasteiger partial charge in [0.05, 0.1) is 0 Å². The van der Waals surface area contributed by atoms with E-state index in [1.165, 1.54) is 29.3 Å². The van der Waals surface area contributed by atoms with Gasteiger partial charge in [0.15, 0.2) is 0 Å². The molecule has 0 heterocycles. The summed E-state index contributed by atoms with van der Waals surface area (Å²) in [4.78, 5) is 0. The van der Waals surface area contributed by atoms with E-state index in [0.29, 0.717) is 0 Å². The predicted molar refractivity (Wildman–Crippen MR) is 58.0 cm³/mol. The highest BCUT2D eigenvalue weighted by atomic mass is 79.9. The smallest absolute Gasteiger partial charge is 0.0175 e. The highest BCUT2D eigenvalue weighted by Crippen LogP contribution is 2.36. The molecule has 2 rings (SSSR count). The van der Waals surface area contributed by atoms with Gasteiger partial charge in [-0.25, -0.2) is 0 Å². The van der Waals surface area contributed by atoms with Gasteiger partial charge in [-0.05, 0) is 36.5 Å². The van der Waals surface area contributed by atoms with E-state index < -0.39 is 0 Å². The first-order valence-corrected chi connectivity index (χ1v) is 4.91. The molecular weight excluding hydrogens is 235 g/mol. The Morgan fingerprint density at radius 2 is 1.67 bits per heavy atom. The molecule has 0 aliphatic heterocycles. The van der Waals surface area contributed by atoms with Gasteiger partial charge in [0.1, 0.15) is 0 Å². The molecule has 1 aromatic carbocycles. The molecule has 0 amide bonds. The lowest BCUT2D eigenvalue weighted by Gasteiger charge is -2.25. The molecular formula is C10H12BrCl. The van der Waals surface area contributed by atoms with Crippen LogP contribution in [0, 0.1) is 0 Å². The molecule has 1 aliphatic carbocycles. The van der Waals surface area contributed by atoms with E-state index in [9.17, 15) is 0 Å². The van der Waals surface area contributed by atoms with E-state index in [0.717, 1.165) is 5.92 Å². The maximum absolute atomic E-state index is 3.43. The number of rotatable bonds is 1. The van der Waals surface area contributed by atoms with Crippen LogP contribution >= 0.6 is 28.3 Å². The Labute approximate surface area is 87.9 Å². The normalized spacial score (nSPS) is 16.4. The van der Waals surface area contributed by atoms with Crippen LogP contribution in [-0.4, -0.2) is 0 Å². The molecule has 0 unspecified atom stereocenters. The van der Waals surface area contributed by atoms with Crippen molar-refractivity contribution in [3.05, 3.63) is 34.3 Å². The van der Waals surface area contributed by atoms with Crippen molar-refractivity contribution >= 4 is 28.3 Å². The van der Waals surface area contributed by atoms with E-state index in [4.69, 9.17) is 0 Å². The maximum Gasteiger partial charge on any atom is 0.0175 e. The molecule has 1 saturated carbocycles. The number of hydrogen-bond acceptors (Lipinski definition) is 0. The molecule has 0 spiro atoms. The van der Waals surface area contributed by atoms with E-state index >= 15 is 0 Å². The summed E-state index contributed by atoms with van der Waals surface area (Å²) in [7, 11) is 0. The standard InChI is InChI=1S/C10H11Br.ClH/c11-10-6-4-9(5-7-10)8-2-1-3-8;/h4-8H,1-3H2;1H. The molecule has 1 aromatic rings. The predicted octanol–water partition coefficient (Wildman–Crippen LogP) is 4.14. The van der Waals surface area contributed by atoms with Crippen LogP contribution in [0.25, 0.3) is 0 Å². The highest BCUT2D eigenvalue weighted by molar-refractivity contribution is 9.10. The number of hydrogen-bond donors (Lipinski definition) is 0. The zero-order valence-corrected chi connectivity index (χ0v) is 9.20. The van der Waals surface area contributed by atoms with E-state index in [1.54, 1.807) is 0 Å². The fourth-order valence-corrected chi connectivity index (χ4v) is 1.74. The fraction of sp³-hybridized carbons (Fsp3) is 0.400. The van der Waals surface area contributed by atoms with Crippen LogP contribution < -0.4 is 0 Å². The average Bonchev–Trinajstić information content (AvgIpc) is 1.90. The van der Waals surface area contributed by atoms with Crippen LogP contribution in [0.3, 0.4) is 0 Å². The van der Waals surface area contributed by atoms with Crippen LogP contribution in [0.4, 0.5) is 0 Å². The molecule has 0 atom stereocenters. The Morgan fingerprint density at radius 3 is 2.08 bits per heavy atom. The summed E-state index contributed by atoms with van der Waals surface area (Å²) in [6.07, 6.45) is 4.20. The van der Waals surface area contributed by atoms with E-state index in [2.05, 4.69) is 40.2 Å². The zero-order chi connectivity index (χ0) is 7.68. The van der Waals surface area contributed by atoms with Crippen molar-refractivity contribution in [1.82, 2.24) is 0 Å². The van der Waals surface area contributed by atoms with Crippen molar-refractivity contribution < 1.29 is 0 Å². The highest BCUT2D eigenvalue weighted by Gasteiger charge is 2.18. The third-order valence-electron chi connectivity index (χ3n) is 2.45. The van der Waals surface area contributed by atoms with Crippen LogP contribution in [0.2, 0.25) is 0 Å². The van der Waals surface area contributed by atoms with Gasteiger partial charge in [-0.15, -0.1) is 12.4 Å². The molecule has 0 saturated heterocycles. The molecule has 0 bridgehead atoms. The molecule has 2 heteroatoms. The fourth-order valence-electron chi connectivity index (χ4n) is 1.48. The Balaban J connectivity index is 0.000000720. The minimum atomic E-state index is 0. The lowest BCUT2D eigenvalue weighted by molar-refractivity contribution is 0.420. The summed E-state index contributed by atoms with van der Waals surface area (Å²) in [6.45, 7) is 0. The quantitative estimate of drug-likeness (QED) is 0.700. The van der Waals surface area contributed by atoms with Crippen LogP contribution in [0.5, 0.6) is 0 Å². The summed E-state index contributed by atoms with van der Waals surface area (Å²) in [5.74, 6) is 0.864. The SMILES string of the molecule is Brc1ccc(C2CCC2)cc1.Cl. The molecule has 0 N–H and O–H groups in total. The van der Waals surface area contributed by atoms with Gasteiger partial charge in [-0.2, -0.15) is 0 Å². The summed E-state index contributed by atoms with van der Waals surface area (Å²) in [6, 6.07) is 8.73. The van der Waals surface area contributed by atoms with Gasteiger partial charge in [-0.1, -0.05) is 34.5 Å². The maximum atomic E-state index is 3.43. The molecule has 0 nitrogen and oxygen atoms in total. The van der Waals surface area contributed by atoms with E-state index in [1.807, 2.05) is 0 Å². The van der Waals surface area contributed by atoms with Crippen molar-refractivity contribution in [2.24, 2.45) is 0 Å². The molecule has 1 aliphatic rings. The van der Waals surface area contributed by atoms with Gasteiger partial charge in [0.2, 0.25) is 0 Å². The lowest BCUT2D eigenvalue weighted by atomic mass is 9.80. The lowest BCUT2D eigenvalue weighted by Crippen LogP contribution is -2.07. The average molecular weight is 248 g/mol. The molecule has 0 radical (unpaired) electrons. The van der Waals surface area contributed by atoms with Crippen molar-refractivity contribution in [3.8, 4) is 0 Å². The second-order valence-corrected chi connectivity index (χ2v) is 4.10. The monoisotopic (exact) mass is 246 g/mol. The van der Waals surface area contributed by atoms with Crippen LogP contribution in [0.15, 0.2) is 28.7 Å². The van der Waals surface area contributed by atoms with Crippen molar-refractivity contribution in [1.29, 1.82) is 0 Å². The Hall–Kier alpha value is -0.0100. The van der Waals surface area contributed by atoms with Crippen molar-refractivity contribution in [3.63, 3.8) is 0 Å². The minimum absolute atomic E-state index is 0. The number of benzene rings is 1. The third-order valence-corrected chi connectivity index (χ3v) is 2.98. The van der Waals surface area contributed by atoms with Crippen molar-refractivity contribution in [2.45, 2.75) is 25.2 Å². The largest absolute Gasteiger partial charge is 0.147 e. The Bertz CT molecular complexity index is 239. The van der Waals surface area contributed by atoms with Gasteiger partial charge >= 0.3 is 0 Å². The summed E-state index contributed by atoms with van der Waals surface area (Å²) in [5, 5.41) is 0. The topological polar surface area (TPSA) is 0 Å². The second kappa shape index (κ2) is 4.29. The van der Waals surface area contributed by atoms with Gasteiger partial charge < -0.3 is 0 Å². The molecule has 66 valence electrons. The third kappa shape index (κ3) is 2.02. The first-order chi connectivity index (χ1) is 5.36. The molecule has 12 heavy (non-hydrogen) atoms. The molecule has 1 fully saturated rings. The van der Waals surface area contributed by atoms with Crippen molar-refractivity contribution in [2.75, 3.05) is 0 Å². The molecule has 0 aromatic heterocycles. The Kier molecular flexibility index (Phi) is 3.60. The second-order valence-electron chi connectivity index (χ2n) is 3.18. The van der Waals surface area contributed by atoms with Crippen LogP contribution in [0.1, 0.15) is 30.7 Å². The first kappa shape index (κ1) is 10.1. The Morgan fingerprint density at radius 1 is 1.08 bits per heavy atom. The summed E-state index contributed by atoms with van der Waals surface area (Å²) < 4.78 is 1.18. The number of halogens is 2. The van der Waals surface area contributed by atoms with Gasteiger partial charge in [0, 0.05) is 4.47 Å². The van der Waals surface area contributed by atoms with Gasteiger partial charge in [-0.3, -0.25) is 0 Å². The minimum Gasteiger partial charge on any atom is -0.147 e. The summed E-state index contributed by atoms with van der Waals surface area (Å²) in [5.41, 5.74) is 1.51. The van der Waals surface area contributed by atoms with Gasteiger partial charge in [0.25, 0.3) is 0 Å². The first-order valence-electron chi connectivity index (χ1n) is 4.12. The summed E-state index contributed by atoms with van der Waals surface area (Å²) >= 11 is 3.43.